The van der Waals surface area contributed by atoms with E-state index >= 15 is 0 Å². The van der Waals surface area contributed by atoms with Crippen molar-refractivity contribution in [2.75, 3.05) is 13.1 Å². The molecule has 0 fully saturated rings. The molecule has 5 nitrogen and oxygen atoms in total. The van der Waals surface area contributed by atoms with Crippen LogP contribution in [-0.4, -0.2) is 35.1 Å². The molecule has 24 heavy (non-hydrogen) atoms. The van der Waals surface area contributed by atoms with Gasteiger partial charge in [0.05, 0.1) is 5.69 Å². The highest BCUT2D eigenvalue weighted by Gasteiger charge is 2.25. The summed E-state index contributed by atoms with van der Waals surface area (Å²) < 4.78 is 5.31. The monoisotopic (exact) mass is 347 g/mol. The van der Waals surface area contributed by atoms with E-state index in [2.05, 4.69) is 33.7 Å². The van der Waals surface area contributed by atoms with E-state index in [9.17, 15) is 4.79 Å². The summed E-state index contributed by atoms with van der Waals surface area (Å²) in [5.41, 5.74) is 2.68. The van der Waals surface area contributed by atoms with Crippen molar-refractivity contribution in [2.45, 2.75) is 52.6 Å². The number of carbonyl (C=O) groups is 1. The van der Waals surface area contributed by atoms with Gasteiger partial charge >= 0.3 is 0 Å². The van der Waals surface area contributed by atoms with E-state index in [1.807, 2.05) is 32.1 Å². The third-order valence-electron chi connectivity index (χ3n) is 4.66. The van der Waals surface area contributed by atoms with Crippen LogP contribution in [0.1, 0.15) is 58.9 Å². The number of hydrogen-bond donors (Lipinski definition) is 1. The Morgan fingerprint density at radius 3 is 3.00 bits per heavy atom. The van der Waals surface area contributed by atoms with Crippen LogP contribution in [-0.2, 0) is 13.0 Å². The van der Waals surface area contributed by atoms with Gasteiger partial charge in [-0.25, -0.2) is 0 Å². The number of hydrogen-bond acceptors (Lipinski definition) is 5. The molecular weight excluding hydrogens is 322 g/mol. The molecule has 2 aromatic rings. The number of aromatic nitrogens is 1. The van der Waals surface area contributed by atoms with Gasteiger partial charge in [-0.1, -0.05) is 19.0 Å². The second-order valence-electron chi connectivity index (χ2n) is 6.81. The Hall–Kier alpha value is -1.66. The summed E-state index contributed by atoms with van der Waals surface area (Å²) >= 11 is 1.85. The van der Waals surface area contributed by atoms with Crippen LogP contribution in [0, 0.1) is 6.92 Å². The topological polar surface area (TPSA) is 58.4 Å². The predicted molar refractivity (Wildman–Crippen MR) is 95.6 cm³/mol. The molecule has 6 heteroatoms. The fourth-order valence-electron chi connectivity index (χ4n) is 3.16. The number of rotatable bonds is 5. The van der Waals surface area contributed by atoms with Crippen LogP contribution in [0.25, 0.3) is 0 Å². The van der Waals surface area contributed by atoms with E-state index in [1.54, 1.807) is 0 Å². The van der Waals surface area contributed by atoms with Crippen molar-refractivity contribution in [2.24, 2.45) is 0 Å². The van der Waals surface area contributed by atoms with E-state index < -0.39 is 0 Å². The molecule has 0 aromatic carbocycles. The Kier molecular flexibility index (Phi) is 5.06. The Balaban J connectivity index is 1.60. The van der Waals surface area contributed by atoms with Crippen molar-refractivity contribution in [3.05, 3.63) is 38.9 Å². The fraction of sp³-hybridized carbons (Fsp3) is 0.556. The van der Waals surface area contributed by atoms with Gasteiger partial charge in [0, 0.05) is 36.5 Å². The maximum absolute atomic E-state index is 12.6. The van der Waals surface area contributed by atoms with Crippen molar-refractivity contribution in [3.8, 4) is 0 Å². The van der Waals surface area contributed by atoms with Gasteiger partial charge in [-0.2, -0.15) is 0 Å². The van der Waals surface area contributed by atoms with Crippen molar-refractivity contribution < 1.29 is 9.32 Å². The largest absolute Gasteiger partial charge is 0.360 e. The summed E-state index contributed by atoms with van der Waals surface area (Å²) in [4.78, 5) is 16.5. The molecule has 1 aliphatic heterocycles. The number of fused-ring (bicyclic) bond motifs is 1. The molecule has 1 aliphatic rings. The van der Waals surface area contributed by atoms with E-state index in [4.69, 9.17) is 4.52 Å². The van der Waals surface area contributed by atoms with Gasteiger partial charge < -0.3 is 9.84 Å². The number of amides is 1. The van der Waals surface area contributed by atoms with Crippen LogP contribution in [0.3, 0.4) is 0 Å². The third-order valence-corrected chi connectivity index (χ3v) is 5.68. The van der Waals surface area contributed by atoms with Gasteiger partial charge in [0.2, 0.25) is 0 Å². The molecule has 2 aromatic heterocycles. The zero-order valence-corrected chi connectivity index (χ0v) is 15.6. The summed E-state index contributed by atoms with van der Waals surface area (Å²) in [6, 6.07) is 2.51. The van der Waals surface area contributed by atoms with E-state index in [0.717, 1.165) is 19.5 Å². The summed E-state index contributed by atoms with van der Waals surface area (Å²) in [5.74, 6) is 0.722. The first-order valence-electron chi connectivity index (χ1n) is 8.51. The Bertz CT molecular complexity index is 720. The van der Waals surface area contributed by atoms with E-state index in [0.29, 0.717) is 29.6 Å². The predicted octanol–water partition coefficient (Wildman–Crippen LogP) is 3.34. The molecule has 3 heterocycles. The van der Waals surface area contributed by atoms with Gasteiger partial charge in [-0.15, -0.1) is 11.3 Å². The molecule has 0 saturated heterocycles. The van der Waals surface area contributed by atoms with Crippen molar-refractivity contribution >= 4 is 17.2 Å². The van der Waals surface area contributed by atoms with Crippen LogP contribution in [0.15, 0.2) is 16.0 Å². The second kappa shape index (κ2) is 7.07. The minimum absolute atomic E-state index is 0.0856. The number of nitrogens with one attached hydrogen (secondary N) is 1. The van der Waals surface area contributed by atoms with Gasteiger partial charge in [0.15, 0.2) is 5.76 Å². The van der Waals surface area contributed by atoms with Crippen LogP contribution < -0.4 is 5.32 Å². The summed E-state index contributed by atoms with van der Waals surface area (Å²) in [5, 5.41) is 9.18. The number of aryl methyl sites for hydroxylation is 1. The minimum Gasteiger partial charge on any atom is -0.360 e. The van der Waals surface area contributed by atoms with Gasteiger partial charge in [-0.3, -0.25) is 9.69 Å². The molecule has 1 N–H and O–H groups in total. The first-order chi connectivity index (χ1) is 11.5. The summed E-state index contributed by atoms with van der Waals surface area (Å²) in [6.07, 6.45) is 1.10. The molecule has 1 atom stereocenters. The number of thiophene rings is 1. The highest BCUT2D eigenvalue weighted by Crippen LogP contribution is 2.25. The van der Waals surface area contributed by atoms with Gasteiger partial charge in [0.1, 0.15) is 5.56 Å². The lowest BCUT2D eigenvalue weighted by Gasteiger charge is -2.32. The minimum atomic E-state index is -0.0856. The molecule has 1 unspecified atom stereocenters. The Morgan fingerprint density at radius 2 is 2.25 bits per heavy atom. The molecule has 0 radical (unpaired) electrons. The van der Waals surface area contributed by atoms with Gasteiger partial charge in [0.25, 0.3) is 5.91 Å². The SMILES string of the molecule is Cc1noc(C(C)C)c1C(=O)NCC(C)N1CCc2sccc2C1. The lowest BCUT2D eigenvalue weighted by molar-refractivity contribution is 0.0929. The molecule has 1 amide bonds. The highest BCUT2D eigenvalue weighted by molar-refractivity contribution is 7.10. The third kappa shape index (κ3) is 3.39. The van der Waals surface area contributed by atoms with E-state index in [-0.39, 0.29) is 11.8 Å². The lowest BCUT2D eigenvalue weighted by Crippen LogP contribution is -2.44. The van der Waals surface area contributed by atoms with Crippen molar-refractivity contribution in [3.63, 3.8) is 0 Å². The van der Waals surface area contributed by atoms with Crippen LogP contribution in [0.4, 0.5) is 0 Å². The molecule has 0 aliphatic carbocycles. The molecular formula is C18H25N3O2S. The molecule has 130 valence electrons. The molecule has 0 bridgehead atoms. The highest BCUT2D eigenvalue weighted by atomic mass is 32.1. The summed E-state index contributed by atoms with van der Waals surface area (Å²) in [7, 11) is 0. The van der Waals surface area contributed by atoms with Crippen LogP contribution in [0.2, 0.25) is 0 Å². The average Bonchev–Trinajstić information content (AvgIpc) is 3.17. The molecule has 0 saturated carbocycles. The zero-order valence-electron chi connectivity index (χ0n) is 14.8. The smallest absolute Gasteiger partial charge is 0.256 e. The molecule has 0 spiro atoms. The second-order valence-corrected chi connectivity index (χ2v) is 7.81. The van der Waals surface area contributed by atoms with E-state index in [1.165, 1.54) is 10.4 Å². The average molecular weight is 347 g/mol. The standard InChI is InChI=1S/C18H25N3O2S/c1-11(2)17-16(13(4)20-23-17)18(22)19-9-12(3)21-7-5-15-14(10-21)6-8-24-15/h6,8,11-12H,5,7,9-10H2,1-4H3,(H,19,22). The number of nitrogens with zero attached hydrogens (tertiary/aromatic N) is 2. The van der Waals surface area contributed by atoms with Crippen LogP contribution in [0.5, 0.6) is 0 Å². The summed E-state index contributed by atoms with van der Waals surface area (Å²) in [6.45, 7) is 10.6. The first-order valence-corrected chi connectivity index (χ1v) is 9.39. The quantitative estimate of drug-likeness (QED) is 0.901. The zero-order chi connectivity index (χ0) is 17.3. The van der Waals surface area contributed by atoms with Crippen molar-refractivity contribution in [1.29, 1.82) is 0 Å². The molecule has 3 rings (SSSR count). The van der Waals surface area contributed by atoms with Crippen molar-refractivity contribution in [1.82, 2.24) is 15.4 Å². The number of carbonyl (C=O) groups excluding carboxylic acids is 1. The van der Waals surface area contributed by atoms with Crippen LogP contribution >= 0.6 is 11.3 Å². The van der Waals surface area contributed by atoms with Gasteiger partial charge in [-0.05, 0) is 37.3 Å². The maximum Gasteiger partial charge on any atom is 0.256 e. The lowest BCUT2D eigenvalue weighted by atomic mass is 10.0. The Morgan fingerprint density at radius 1 is 1.46 bits per heavy atom. The first kappa shape index (κ1) is 17.2. The normalized spacial score (nSPS) is 16.2. The Labute approximate surface area is 147 Å². The maximum atomic E-state index is 12.6. The fourth-order valence-corrected chi connectivity index (χ4v) is 4.05.